The summed E-state index contributed by atoms with van der Waals surface area (Å²) in [5.74, 6) is 0. The fraction of sp³-hybridized carbons (Fsp3) is 0. The van der Waals surface area contributed by atoms with Gasteiger partial charge in [0.05, 0.1) is 0 Å². The Balaban J connectivity index is 0.989. The minimum atomic E-state index is 1.05. The zero-order valence-corrected chi connectivity index (χ0v) is 34.6. The van der Waals surface area contributed by atoms with Crippen molar-refractivity contribution in [1.29, 1.82) is 0 Å². The third-order valence-electron chi connectivity index (χ3n) is 11.3. The van der Waals surface area contributed by atoms with Gasteiger partial charge in [0, 0.05) is 34.1 Å². The predicted molar refractivity (Wildman–Crippen MR) is 266 cm³/mol. The quantitative estimate of drug-likeness (QED) is 0.107. The van der Waals surface area contributed by atoms with Crippen molar-refractivity contribution in [2.24, 2.45) is 0 Å². The Labute approximate surface area is 366 Å². The summed E-state index contributed by atoms with van der Waals surface area (Å²) in [4.78, 5) is 4.63. The Morgan fingerprint density at radius 3 is 0.790 bits per heavy atom. The Morgan fingerprint density at radius 2 is 0.516 bits per heavy atom. The van der Waals surface area contributed by atoms with Crippen LogP contribution in [0.2, 0.25) is 0 Å². The number of hydrogen-bond donors (Lipinski definition) is 0. The van der Waals surface area contributed by atoms with Crippen LogP contribution in [0.25, 0.3) is 50.1 Å². The Bertz CT molecular complexity index is 2810. The van der Waals surface area contributed by atoms with Gasteiger partial charge in [-0.3, -0.25) is 0 Å². The van der Waals surface area contributed by atoms with Crippen molar-refractivity contribution in [2.75, 3.05) is 9.80 Å². The van der Waals surface area contributed by atoms with Crippen LogP contribution in [0.4, 0.5) is 34.1 Å². The molecular formula is C60H46N2. The number of benzene rings is 9. The molecule has 0 heterocycles. The first-order valence-electron chi connectivity index (χ1n) is 21.0. The summed E-state index contributed by atoms with van der Waals surface area (Å²) in [5.41, 5.74) is 18.1. The number of hydrogen-bond acceptors (Lipinski definition) is 2. The van der Waals surface area contributed by atoms with Crippen LogP contribution in [-0.4, -0.2) is 0 Å². The van der Waals surface area contributed by atoms with E-state index >= 15 is 0 Å². The number of nitrogens with zero attached hydrogens (tertiary/aromatic N) is 2. The van der Waals surface area contributed by atoms with Crippen LogP contribution >= 0.6 is 0 Å². The fourth-order valence-electron chi connectivity index (χ4n) is 8.01. The standard InChI is InChI=1S/C60H46N2/c1-3-14-45(4-2)48-21-23-49(24-22-48)52-29-39-56(40-30-52)61(55-19-12-7-13-20-55)57-41-31-53(32-42-57)54-33-43-60(44-34-54)62(58-35-25-50(26-36-58)46-15-8-5-9-16-46)59-37-27-51(28-38-59)47-17-10-6-11-18-47/h3-44H,1-2H2/b45-14+. The highest BCUT2D eigenvalue weighted by Gasteiger charge is 2.16. The van der Waals surface area contributed by atoms with Gasteiger partial charge >= 0.3 is 0 Å². The van der Waals surface area contributed by atoms with Gasteiger partial charge in [0.1, 0.15) is 0 Å². The lowest BCUT2D eigenvalue weighted by atomic mass is 9.99. The van der Waals surface area contributed by atoms with Gasteiger partial charge in [0.2, 0.25) is 0 Å². The van der Waals surface area contributed by atoms with Crippen LogP contribution < -0.4 is 9.80 Å². The summed E-state index contributed by atoms with van der Waals surface area (Å²) in [6, 6.07) is 84.5. The van der Waals surface area contributed by atoms with E-state index in [1.165, 1.54) is 22.3 Å². The van der Waals surface area contributed by atoms with Gasteiger partial charge in [-0.25, -0.2) is 0 Å². The maximum absolute atomic E-state index is 3.96. The monoisotopic (exact) mass is 794 g/mol. The van der Waals surface area contributed by atoms with Crippen molar-refractivity contribution in [1.82, 2.24) is 0 Å². The van der Waals surface area contributed by atoms with E-state index in [4.69, 9.17) is 0 Å². The lowest BCUT2D eigenvalue weighted by molar-refractivity contribution is 1.28. The fourth-order valence-corrected chi connectivity index (χ4v) is 8.01. The van der Waals surface area contributed by atoms with Gasteiger partial charge in [0.15, 0.2) is 0 Å². The molecule has 0 saturated heterocycles. The number of allylic oxidation sites excluding steroid dienone is 4. The van der Waals surface area contributed by atoms with E-state index in [0.717, 1.165) is 67.5 Å². The molecule has 0 N–H and O–H groups in total. The maximum atomic E-state index is 3.96. The summed E-state index contributed by atoms with van der Waals surface area (Å²) < 4.78 is 0. The highest BCUT2D eigenvalue weighted by atomic mass is 15.1. The molecular weight excluding hydrogens is 749 g/mol. The SMILES string of the molecule is C=C/C=C(\C=C)c1ccc(-c2ccc(N(c3ccccc3)c3ccc(-c4ccc(N(c5ccc(-c6ccccc6)cc5)c5ccc(-c6ccccc6)cc5)cc4)cc3)cc2)cc1. The molecule has 296 valence electrons. The largest absolute Gasteiger partial charge is 0.311 e. The van der Waals surface area contributed by atoms with Crippen LogP contribution in [-0.2, 0) is 0 Å². The molecule has 9 rings (SSSR count). The Kier molecular flexibility index (Phi) is 11.6. The van der Waals surface area contributed by atoms with E-state index in [2.05, 4.69) is 260 Å². The molecule has 0 fully saturated rings. The second kappa shape index (κ2) is 18.4. The van der Waals surface area contributed by atoms with Crippen LogP contribution in [0, 0.1) is 0 Å². The first-order valence-corrected chi connectivity index (χ1v) is 21.0. The van der Waals surface area contributed by atoms with E-state index < -0.39 is 0 Å². The summed E-state index contributed by atoms with van der Waals surface area (Å²) in [6.07, 6.45) is 5.63. The van der Waals surface area contributed by atoms with Gasteiger partial charge in [-0.1, -0.05) is 195 Å². The van der Waals surface area contributed by atoms with Crippen LogP contribution in [0.15, 0.2) is 268 Å². The second-order valence-corrected chi connectivity index (χ2v) is 15.1. The van der Waals surface area contributed by atoms with Crippen molar-refractivity contribution < 1.29 is 0 Å². The van der Waals surface area contributed by atoms with Crippen LogP contribution in [0.3, 0.4) is 0 Å². The number of para-hydroxylation sites is 1. The molecule has 9 aromatic carbocycles. The zero-order chi connectivity index (χ0) is 42.1. The minimum Gasteiger partial charge on any atom is -0.311 e. The average Bonchev–Trinajstić information content (AvgIpc) is 3.35. The van der Waals surface area contributed by atoms with Gasteiger partial charge < -0.3 is 9.80 Å². The summed E-state index contributed by atoms with van der Waals surface area (Å²) in [7, 11) is 0. The minimum absolute atomic E-state index is 1.05. The van der Waals surface area contributed by atoms with Gasteiger partial charge in [-0.15, -0.1) is 0 Å². The molecule has 0 amide bonds. The summed E-state index contributed by atoms with van der Waals surface area (Å²) >= 11 is 0. The third-order valence-corrected chi connectivity index (χ3v) is 11.3. The molecule has 0 spiro atoms. The average molecular weight is 795 g/mol. The van der Waals surface area contributed by atoms with Crippen molar-refractivity contribution in [3.8, 4) is 44.5 Å². The summed E-state index contributed by atoms with van der Waals surface area (Å²) in [5, 5.41) is 0. The molecule has 0 atom stereocenters. The number of anilines is 6. The molecule has 2 nitrogen and oxygen atoms in total. The molecule has 0 saturated carbocycles. The topological polar surface area (TPSA) is 6.48 Å². The smallest absolute Gasteiger partial charge is 0.0462 e. The first kappa shape index (κ1) is 39.3. The van der Waals surface area contributed by atoms with Gasteiger partial charge in [-0.2, -0.15) is 0 Å². The molecule has 0 aliphatic carbocycles. The first-order chi connectivity index (χ1) is 30.6. The molecule has 0 radical (unpaired) electrons. The number of rotatable bonds is 13. The van der Waals surface area contributed by atoms with E-state index in [1.807, 2.05) is 12.2 Å². The zero-order valence-electron chi connectivity index (χ0n) is 34.6. The van der Waals surface area contributed by atoms with E-state index in [1.54, 1.807) is 6.08 Å². The van der Waals surface area contributed by atoms with E-state index in [0.29, 0.717) is 0 Å². The summed E-state index contributed by atoms with van der Waals surface area (Å²) in [6.45, 7) is 7.79. The molecule has 0 bridgehead atoms. The lowest BCUT2D eigenvalue weighted by Crippen LogP contribution is -2.10. The van der Waals surface area contributed by atoms with Crippen LogP contribution in [0.5, 0.6) is 0 Å². The predicted octanol–water partition coefficient (Wildman–Crippen LogP) is 17.0. The Morgan fingerprint density at radius 1 is 0.274 bits per heavy atom. The highest BCUT2D eigenvalue weighted by Crippen LogP contribution is 2.40. The van der Waals surface area contributed by atoms with Crippen molar-refractivity contribution >= 4 is 39.7 Å². The lowest BCUT2D eigenvalue weighted by Gasteiger charge is -2.26. The molecule has 0 unspecified atom stereocenters. The van der Waals surface area contributed by atoms with Gasteiger partial charge in [-0.05, 0) is 128 Å². The molecule has 0 aliphatic heterocycles. The van der Waals surface area contributed by atoms with Gasteiger partial charge in [0.25, 0.3) is 0 Å². The second-order valence-electron chi connectivity index (χ2n) is 15.1. The normalized spacial score (nSPS) is 11.1. The molecule has 0 aliphatic rings. The van der Waals surface area contributed by atoms with Crippen molar-refractivity contribution in [3.05, 3.63) is 274 Å². The molecule has 0 aromatic heterocycles. The highest BCUT2D eigenvalue weighted by molar-refractivity contribution is 5.83. The Hall–Kier alpha value is -8.20. The van der Waals surface area contributed by atoms with Crippen molar-refractivity contribution in [2.45, 2.75) is 0 Å². The van der Waals surface area contributed by atoms with Crippen molar-refractivity contribution in [3.63, 3.8) is 0 Å². The molecule has 62 heavy (non-hydrogen) atoms. The maximum Gasteiger partial charge on any atom is 0.0462 e. The molecule has 9 aromatic rings. The third kappa shape index (κ3) is 8.58. The van der Waals surface area contributed by atoms with E-state index in [-0.39, 0.29) is 0 Å². The molecule has 2 heteroatoms. The van der Waals surface area contributed by atoms with E-state index in [9.17, 15) is 0 Å². The van der Waals surface area contributed by atoms with Crippen LogP contribution in [0.1, 0.15) is 5.56 Å².